The Balaban J connectivity index is 0.000000847. The van der Waals surface area contributed by atoms with Crippen molar-refractivity contribution in [2.45, 2.75) is 27.3 Å². The van der Waals surface area contributed by atoms with Gasteiger partial charge in [-0.25, -0.2) is 0 Å². The third-order valence-corrected chi connectivity index (χ3v) is 3.44. The molecule has 0 N–H and O–H groups in total. The van der Waals surface area contributed by atoms with Crippen LogP contribution in [0.15, 0.2) is 54.7 Å². The fourth-order valence-corrected chi connectivity index (χ4v) is 2.33. The van der Waals surface area contributed by atoms with E-state index in [1.54, 1.807) is 12.1 Å². The number of benzene rings is 2. The van der Waals surface area contributed by atoms with E-state index in [1.807, 2.05) is 32.2 Å². The molecule has 0 radical (unpaired) electrons. The molecule has 0 aliphatic heterocycles. The Morgan fingerprint density at radius 1 is 1.05 bits per heavy atom. The first-order valence-corrected chi connectivity index (χ1v) is 7.42. The van der Waals surface area contributed by atoms with Crippen LogP contribution in [0.2, 0.25) is 0 Å². The highest BCUT2D eigenvalue weighted by Crippen LogP contribution is 2.22. The molecule has 0 aliphatic rings. The lowest BCUT2D eigenvalue weighted by Crippen LogP contribution is -1.97. The van der Waals surface area contributed by atoms with E-state index in [-0.39, 0.29) is 10.6 Å². The summed E-state index contributed by atoms with van der Waals surface area (Å²) in [5, 5.41) is 11.7. The first kappa shape index (κ1) is 15.8. The summed E-state index contributed by atoms with van der Waals surface area (Å²) in [7, 11) is 0. The van der Waals surface area contributed by atoms with Crippen LogP contribution in [-0.2, 0) is 6.54 Å². The second-order valence-corrected chi connectivity index (χ2v) is 4.93. The summed E-state index contributed by atoms with van der Waals surface area (Å²) < 4.78 is 2.10. The Kier molecular flexibility index (Phi) is 4.94. The third kappa shape index (κ3) is 3.34. The van der Waals surface area contributed by atoms with Crippen LogP contribution in [-0.4, -0.2) is 9.49 Å². The Bertz CT molecular complexity index is 773. The molecule has 0 amide bonds. The average molecular weight is 296 g/mol. The molecule has 0 atom stereocenters. The van der Waals surface area contributed by atoms with Crippen molar-refractivity contribution in [2.24, 2.45) is 0 Å². The lowest BCUT2D eigenvalue weighted by molar-refractivity contribution is -0.384. The van der Waals surface area contributed by atoms with Gasteiger partial charge in [0, 0.05) is 35.8 Å². The molecule has 0 saturated heterocycles. The molecule has 1 aromatic heterocycles. The van der Waals surface area contributed by atoms with E-state index in [1.165, 1.54) is 11.1 Å². The molecule has 114 valence electrons. The van der Waals surface area contributed by atoms with Crippen LogP contribution in [0.4, 0.5) is 5.69 Å². The van der Waals surface area contributed by atoms with Crippen molar-refractivity contribution in [2.75, 3.05) is 0 Å². The number of hydrogen-bond donors (Lipinski definition) is 0. The van der Waals surface area contributed by atoms with Crippen LogP contribution in [0, 0.1) is 17.0 Å². The fourth-order valence-electron chi connectivity index (χ4n) is 2.33. The third-order valence-electron chi connectivity index (χ3n) is 3.44. The second kappa shape index (κ2) is 6.89. The minimum Gasteiger partial charge on any atom is -0.343 e. The molecule has 0 aliphatic carbocycles. The van der Waals surface area contributed by atoms with Crippen molar-refractivity contribution in [1.29, 1.82) is 0 Å². The monoisotopic (exact) mass is 296 g/mol. The van der Waals surface area contributed by atoms with Gasteiger partial charge in [-0.15, -0.1) is 0 Å². The molecular weight excluding hydrogens is 276 g/mol. The van der Waals surface area contributed by atoms with Gasteiger partial charge in [-0.1, -0.05) is 43.7 Å². The van der Waals surface area contributed by atoms with Crippen molar-refractivity contribution in [3.8, 4) is 0 Å². The Morgan fingerprint density at radius 3 is 2.36 bits per heavy atom. The summed E-state index contributed by atoms with van der Waals surface area (Å²) in [6.07, 6.45) is 1.97. The topological polar surface area (TPSA) is 48.1 Å². The van der Waals surface area contributed by atoms with E-state index in [9.17, 15) is 10.1 Å². The quantitative estimate of drug-likeness (QED) is 0.508. The van der Waals surface area contributed by atoms with Crippen LogP contribution < -0.4 is 0 Å². The van der Waals surface area contributed by atoms with E-state index in [4.69, 9.17) is 0 Å². The zero-order valence-corrected chi connectivity index (χ0v) is 13.1. The van der Waals surface area contributed by atoms with E-state index in [0.29, 0.717) is 0 Å². The number of nitro groups is 1. The van der Waals surface area contributed by atoms with Gasteiger partial charge in [0.2, 0.25) is 0 Å². The van der Waals surface area contributed by atoms with Crippen LogP contribution in [0.5, 0.6) is 0 Å². The van der Waals surface area contributed by atoms with Crippen LogP contribution in [0.1, 0.15) is 25.0 Å². The first-order valence-electron chi connectivity index (χ1n) is 7.42. The van der Waals surface area contributed by atoms with Gasteiger partial charge in [-0.05, 0) is 24.6 Å². The summed E-state index contributed by atoms with van der Waals surface area (Å²) in [5.74, 6) is 0. The van der Waals surface area contributed by atoms with Gasteiger partial charge < -0.3 is 4.57 Å². The van der Waals surface area contributed by atoms with Gasteiger partial charge in [0.05, 0.1) is 4.92 Å². The Labute approximate surface area is 130 Å². The Hall–Kier alpha value is -2.62. The van der Waals surface area contributed by atoms with Gasteiger partial charge >= 0.3 is 0 Å². The smallest absolute Gasteiger partial charge is 0.270 e. The normalized spacial score (nSPS) is 10.1. The number of nitrogens with zero attached hydrogens (tertiary/aromatic N) is 2. The Morgan fingerprint density at radius 2 is 1.73 bits per heavy atom. The number of hydrogen-bond acceptors (Lipinski definition) is 2. The standard InChI is InChI=1S/C16H14N2O2.C2H6/c1-12-2-4-13(5-3-12)11-17-9-8-14-10-15(18(19)20)6-7-16(14)17;1-2/h2-10H,11H2,1H3;1-2H3. The first-order chi connectivity index (χ1) is 10.6. The van der Waals surface area contributed by atoms with Crippen LogP contribution >= 0.6 is 0 Å². The molecule has 22 heavy (non-hydrogen) atoms. The molecule has 1 heterocycles. The predicted molar refractivity (Wildman–Crippen MR) is 90.2 cm³/mol. The van der Waals surface area contributed by atoms with E-state index >= 15 is 0 Å². The number of aromatic nitrogens is 1. The van der Waals surface area contributed by atoms with E-state index in [2.05, 4.69) is 35.8 Å². The highest BCUT2D eigenvalue weighted by molar-refractivity contribution is 5.82. The average Bonchev–Trinajstić information content (AvgIpc) is 2.94. The molecule has 3 rings (SSSR count). The SMILES string of the molecule is CC.Cc1ccc(Cn2ccc3cc([N+](=O)[O-])ccc32)cc1. The summed E-state index contributed by atoms with van der Waals surface area (Å²) >= 11 is 0. The largest absolute Gasteiger partial charge is 0.343 e. The van der Waals surface area contributed by atoms with Gasteiger partial charge in [0.1, 0.15) is 0 Å². The number of rotatable bonds is 3. The summed E-state index contributed by atoms with van der Waals surface area (Å²) in [6, 6.07) is 15.3. The maximum Gasteiger partial charge on any atom is 0.270 e. The van der Waals surface area contributed by atoms with Crippen LogP contribution in [0.25, 0.3) is 10.9 Å². The number of fused-ring (bicyclic) bond motifs is 1. The maximum absolute atomic E-state index is 10.8. The van der Waals surface area contributed by atoms with E-state index in [0.717, 1.165) is 17.4 Å². The predicted octanol–water partition coefficient (Wildman–Crippen LogP) is 4.93. The highest BCUT2D eigenvalue weighted by atomic mass is 16.6. The fraction of sp³-hybridized carbons (Fsp3) is 0.222. The van der Waals surface area contributed by atoms with Gasteiger partial charge in [0.25, 0.3) is 5.69 Å². The maximum atomic E-state index is 10.8. The van der Waals surface area contributed by atoms with Crippen molar-refractivity contribution >= 4 is 16.6 Å². The molecule has 0 spiro atoms. The minimum atomic E-state index is -0.364. The molecular formula is C18H20N2O2. The van der Waals surface area contributed by atoms with Gasteiger partial charge in [-0.3, -0.25) is 10.1 Å². The zero-order chi connectivity index (χ0) is 16.1. The summed E-state index contributed by atoms with van der Waals surface area (Å²) in [6.45, 7) is 6.83. The second-order valence-electron chi connectivity index (χ2n) is 4.93. The molecule has 4 nitrogen and oxygen atoms in total. The molecule has 3 aromatic rings. The molecule has 4 heteroatoms. The summed E-state index contributed by atoms with van der Waals surface area (Å²) in [4.78, 5) is 10.4. The van der Waals surface area contributed by atoms with Gasteiger partial charge in [0.15, 0.2) is 0 Å². The zero-order valence-electron chi connectivity index (χ0n) is 13.1. The number of non-ortho nitro benzene ring substituents is 1. The molecule has 0 fully saturated rings. The van der Waals surface area contributed by atoms with Gasteiger partial charge in [-0.2, -0.15) is 0 Å². The molecule has 2 aromatic carbocycles. The highest BCUT2D eigenvalue weighted by Gasteiger charge is 2.08. The number of nitro benzene ring substituents is 1. The van der Waals surface area contributed by atoms with Crippen molar-refractivity contribution in [1.82, 2.24) is 4.57 Å². The summed E-state index contributed by atoms with van der Waals surface area (Å²) in [5.41, 5.74) is 3.59. The van der Waals surface area contributed by atoms with E-state index < -0.39 is 0 Å². The van der Waals surface area contributed by atoms with Crippen molar-refractivity contribution in [3.63, 3.8) is 0 Å². The molecule has 0 bridgehead atoms. The number of aryl methyl sites for hydroxylation is 1. The van der Waals surface area contributed by atoms with Crippen LogP contribution in [0.3, 0.4) is 0 Å². The van der Waals surface area contributed by atoms with Crippen molar-refractivity contribution < 1.29 is 4.92 Å². The lowest BCUT2D eigenvalue weighted by atomic mass is 10.1. The molecule has 0 unspecified atom stereocenters. The minimum absolute atomic E-state index is 0.130. The lowest BCUT2D eigenvalue weighted by Gasteiger charge is -2.06. The van der Waals surface area contributed by atoms with Crippen molar-refractivity contribution in [3.05, 3.63) is 76.0 Å². The molecule has 0 saturated carbocycles.